The van der Waals surface area contributed by atoms with Gasteiger partial charge in [-0.2, -0.15) is 0 Å². The summed E-state index contributed by atoms with van der Waals surface area (Å²) >= 11 is 0. The second-order valence-corrected chi connectivity index (χ2v) is 7.77. The first-order valence-corrected chi connectivity index (χ1v) is 10.3. The third-order valence-corrected chi connectivity index (χ3v) is 5.82. The lowest BCUT2D eigenvalue weighted by Gasteiger charge is -2.38. The Kier molecular flexibility index (Phi) is 5.44. The van der Waals surface area contributed by atoms with E-state index in [1.165, 1.54) is 21.8 Å². The first-order chi connectivity index (χ1) is 14.5. The Labute approximate surface area is 177 Å². The topological polar surface area (TPSA) is 68.2 Å². The van der Waals surface area contributed by atoms with Crippen molar-refractivity contribution in [1.82, 2.24) is 10.3 Å². The number of amides is 2. The summed E-state index contributed by atoms with van der Waals surface area (Å²) in [5.74, 6) is -0.139. The second kappa shape index (κ2) is 8.18. The van der Waals surface area contributed by atoms with E-state index in [0.29, 0.717) is 18.8 Å². The van der Waals surface area contributed by atoms with Gasteiger partial charge in [0.1, 0.15) is 6.04 Å². The van der Waals surface area contributed by atoms with Crippen LogP contribution in [0.3, 0.4) is 0 Å². The molecule has 1 unspecified atom stereocenters. The summed E-state index contributed by atoms with van der Waals surface area (Å²) in [6.45, 7) is 8.72. The molecule has 0 saturated carbocycles. The van der Waals surface area contributed by atoms with Crippen LogP contribution in [0.4, 0.5) is 11.4 Å². The van der Waals surface area contributed by atoms with Crippen LogP contribution in [0, 0.1) is 13.8 Å². The summed E-state index contributed by atoms with van der Waals surface area (Å²) in [7, 11) is 0. The molecule has 2 amide bonds. The first-order valence-electron chi connectivity index (χ1n) is 10.3. The summed E-state index contributed by atoms with van der Waals surface area (Å²) in [5.41, 5.74) is 7.40. The maximum atomic E-state index is 13.1. The van der Waals surface area contributed by atoms with E-state index < -0.39 is 6.04 Å². The smallest absolute Gasteiger partial charge is 0.290 e. The predicted molar refractivity (Wildman–Crippen MR) is 119 cm³/mol. The number of rotatable bonds is 3. The van der Waals surface area contributed by atoms with Gasteiger partial charge in [-0.1, -0.05) is 30.3 Å². The van der Waals surface area contributed by atoms with Gasteiger partial charge in [-0.15, -0.1) is 0 Å². The molecule has 7 heteroatoms. The molecule has 0 radical (unpaired) electrons. The Hall–Kier alpha value is -3.35. The van der Waals surface area contributed by atoms with Gasteiger partial charge in [0.25, 0.3) is 11.8 Å². The molecular weight excluding hydrogens is 378 g/mol. The van der Waals surface area contributed by atoms with Crippen molar-refractivity contribution < 1.29 is 9.59 Å². The number of piperazine rings is 1. The molecule has 1 N–H and O–H groups in total. The number of carbonyl (C=O) groups is 2. The van der Waals surface area contributed by atoms with E-state index in [1.54, 1.807) is 11.8 Å². The van der Waals surface area contributed by atoms with Gasteiger partial charge in [0, 0.05) is 31.9 Å². The van der Waals surface area contributed by atoms with Gasteiger partial charge >= 0.3 is 0 Å². The number of hydrogen-bond donors (Lipinski definition) is 1. The molecule has 2 aliphatic heterocycles. The molecule has 2 aromatic carbocycles. The quantitative estimate of drug-likeness (QED) is 0.851. The highest BCUT2D eigenvalue weighted by Crippen LogP contribution is 2.24. The summed E-state index contributed by atoms with van der Waals surface area (Å²) in [4.78, 5) is 34.1. The molecule has 30 heavy (non-hydrogen) atoms. The lowest BCUT2D eigenvalue weighted by atomic mass is 10.1. The van der Waals surface area contributed by atoms with E-state index >= 15 is 0 Å². The molecule has 2 heterocycles. The Morgan fingerprint density at radius 1 is 1.00 bits per heavy atom. The van der Waals surface area contributed by atoms with Gasteiger partial charge < -0.3 is 9.80 Å². The lowest BCUT2D eigenvalue weighted by Crippen LogP contribution is -2.60. The van der Waals surface area contributed by atoms with Crippen molar-refractivity contribution >= 4 is 29.0 Å². The fourth-order valence-electron chi connectivity index (χ4n) is 3.88. The number of para-hydroxylation sites is 1. The number of nitrogens with zero attached hydrogens (tertiary/aromatic N) is 4. The minimum atomic E-state index is -0.610. The SMILES string of the molecule is Cc1cccc(N2CCN(C(=O)C3=NC(C)C(=O)N(c4ccccc4)N3)CC2)c1C. The number of benzene rings is 2. The Morgan fingerprint density at radius 3 is 2.40 bits per heavy atom. The molecule has 0 spiro atoms. The minimum absolute atomic E-state index is 0.170. The van der Waals surface area contributed by atoms with Gasteiger partial charge in [0.15, 0.2) is 0 Å². The standard InChI is InChI=1S/C23H27N5O2/c1-16-8-7-11-20(17(16)2)26-12-14-27(15-13-26)23(30)21-24-18(3)22(29)28(25-21)19-9-5-4-6-10-19/h4-11,18H,12-15H2,1-3H3,(H,24,25). The number of hydrazine groups is 1. The van der Waals surface area contributed by atoms with Crippen molar-refractivity contribution in [2.75, 3.05) is 36.1 Å². The Balaban J connectivity index is 1.45. The number of aryl methyl sites for hydroxylation is 1. The fraction of sp³-hybridized carbons (Fsp3) is 0.348. The molecule has 1 atom stereocenters. The maximum absolute atomic E-state index is 13.1. The van der Waals surface area contributed by atoms with Crippen LogP contribution in [-0.4, -0.2) is 54.8 Å². The van der Waals surface area contributed by atoms with Crippen LogP contribution in [-0.2, 0) is 9.59 Å². The molecule has 4 rings (SSSR count). The molecule has 2 aromatic rings. The number of carbonyl (C=O) groups excluding carboxylic acids is 2. The maximum Gasteiger partial charge on any atom is 0.290 e. The zero-order chi connectivity index (χ0) is 21.3. The summed E-state index contributed by atoms with van der Waals surface area (Å²) in [5, 5.41) is 1.41. The van der Waals surface area contributed by atoms with Crippen molar-refractivity contribution in [2.24, 2.45) is 4.99 Å². The van der Waals surface area contributed by atoms with Crippen molar-refractivity contribution in [3.05, 3.63) is 59.7 Å². The van der Waals surface area contributed by atoms with Gasteiger partial charge in [-0.25, -0.2) is 10.0 Å². The largest absolute Gasteiger partial charge is 0.368 e. The van der Waals surface area contributed by atoms with Crippen LogP contribution in [0.5, 0.6) is 0 Å². The van der Waals surface area contributed by atoms with Crippen molar-refractivity contribution in [3.8, 4) is 0 Å². The van der Waals surface area contributed by atoms with Crippen LogP contribution in [0.2, 0.25) is 0 Å². The summed E-state index contributed by atoms with van der Waals surface area (Å²) in [6.07, 6.45) is 0. The minimum Gasteiger partial charge on any atom is -0.368 e. The lowest BCUT2D eigenvalue weighted by molar-refractivity contribution is -0.125. The second-order valence-electron chi connectivity index (χ2n) is 7.77. The highest BCUT2D eigenvalue weighted by atomic mass is 16.2. The van der Waals surface area contributed by atoms with Crippen LogP contribution in [0.1, 0.15) is 18.1 Å². The first kappa shape index (κ1) is 19.9. The molecule has 1 fully saturated rings. The van der Waals surface area contributed by atoms with E-state index in [9.17, 15) is 9.59 Å². The molecule has 7 nitrogen and oxygen atoms in total. The summed E-state index contributed by atoms with van der Waals surface area (Å²) in [6, 6.07) is 15.0. The molecule has 156 valence electrons. The fourth-order valence-corrected chi connectivity index (χ4v) is 3.88. The van der Waals surface area contributed by atoms with Gasteiger partial charge in [0.2, 0.25) is 5.84 Å². The Bertz CT molecular complexity index is 980. The van der Waals surface area contributed by atoms with Gasteiger partial charge in [-0.3, -0.25) is 15.0 Å². The number of nitrogens with one attached hydrogen (secondary N) is 1. The molecule has 1 saturated heterocycles. The average molecular weight is 406 g/mol. The zero-order valence-corrected chi connectivity index (χ0v) is 17.6. The highest BCUT2D eigenvalue weighted by Gasteiger charge is 2.33. The zero-order valence-electron chi connectivity index (χ0n) is 17.6. The van der Waals surface area contributed by atoms with E-state index in [4.69, 9.17) is 0 Å². The predicted octanol–water partition coefficient (Wildman–Crippen LogP) is 2.29. The Morgan fingerprint density at radius 2 is 1.70 bits per heavy atom. The van der Waals surface area contributed by atoms with Crippen molar-refractivity contribution in [1.29, 1.82) is 0 Å². The highest BCUT2D eigenvalue weighted by molar-refractivity contribution is 6.39. The van der Waals surface area contributed by atoms with Crippen LogP contribution >= 0.6 is 0 Å². The number of amidine groups is 1. The van der Waals surface area contributed by atoms with E-state index in [0.717, 1.165) is 13.1 Å². The van der Waals surface area contributed by atoms with Gasteiger partial charge in [-0.05, 0) is 50.1 Å². The molecule has 2 aliphatic rings. The van der Waals surface area contributed by atoms with Crippen LogP contribution in [0.25, 0.3) is 0 Å². The van der Waals surface area contributed by atoms with Crippen molar-refractivity contribution in [3.63, 3.8) is 0 Å². The summed E-state index contributed by atoms with van der Waals surface area (Å²) < 4.78 is 0. The van der Waals surface area contributed by atoms with Gasteiger partial charge in [0.05, 0.1) is 5.69 Å². The third kappa shape index (κ3) is 3.75. The number of aliphatic imine (C=N–C) groups is 1. The average Bonchev–Trinajstić information content (AvgIpc) is 2.77. The molecule has 0 bridgehead atoms. The van der Waals surface area contributed by atoms with Crippen LogP contribution in [0.15, 0.2) is 53.5 Å². The van der Waals surface area contributed by atoms with E-state index in [-0.39, 0.29) is 17.6 Å². The molecular formula is C23H27N5O2. The normalized spacial score (nSPS) is 19.4. The van der Waals surface area contributed by atoms with E-state index in [1.807, 2.05) is 30.3 Å². The molecule has 0 aromatic heterocycles. The third-order valence-electron chi connectivity index (χ3n) is 5.82. The monoisotopic (exact) mass is 405 g/mol. The van der Waals surface area contributed by atoms with E-state index in [2.05, 4.69) is 47.4 Å². The number of hydrogen-bond acceptors (Lipinski definition) is 5. The number of anilines is 2. The van der Waals surface area contributed by atoms with Crippen LogP contribution < -0.4 is 15.3 Å². The van der Waals surface area contributed by atoms with Crippen molar-refractivity contribution in [2.45, 2.75) is 26.8 Å². The molecule has 0 aliphatic carbocycles.